The van der Waals surface area contributed by atoms with Crippen molar-refractivity contribution in [3.05, 3.63) is 73.8 Å². The number of ether oxygens (including phenoxy) is 1. The number of halogens is 2. The van der Waals surface area contributed by atoms with E-state index in [0.29, 0.717) is 10.6 Å². The van der Waals surface area contributed by atoms with E-state index in [1.807, 2.05) is 0 Å². The summed E-state index contributed by atoms with van der Waals surface area (Å²) in [6.07, 6.45) is 2.59. The zero-order chi connectivity index (χ0) is 19.3. The van der Waals surface area contributed by atoms with Gasteiger partial charge < -0.3 is 9.84 Å². The normalized spacial score (nSPS) is 10.7. The van der Waals surface area contributed by atoms with Crippen LogP contribution in [0.2, 0.25) is 10.0 Å². The summed E-state index contributed by atoms with van der Waals surface area (Å²) in [7, 11) is 0. The molecular weight excluding hydrogens is 385 g/mol. The lowest BCUT2D eigenvalue weighted by atomic mass is 10.1. The summed E-state index contributed by atoms with van der Waals surface area (Å²) in [5.41, 5.74) is 0.186. The first-order valence-corrected chi connectivity index (χ1v) is 7.84. The number of hydrogen-bond donors (Lipinski definition) is 1. The molecule has 0 fully saturated rings. The van der Waals surface area contributed by atoms with Crippen LogP contribution in [0.15, 0.2) is 42.5 Å². The van der Waals surface area contributed by atoms with Crippen molar-refractivity contribution in [2.24, 2.45) is 0 Å². The zero-order valence-corrected chi connectivity index (χ0v) is 14.5. The summed E-state index contributed by atoms with van der Waals surface area (Å²) in [6.45, 7) is -0.705. The molecule has 26 heavy (non-hydrogen) atoms. The van der Waals surface area contributed by atoms with Crippen LogP contribution < -0.4 is 4.74 Å². The topological polar surface area (TPSA) is 107 Å². The Morgan fingerprint density at radius 2 is 1.92 bits per heavy atom. The van der Waals surface area contributed by atoms with E-state index in [0.717, 1.165) is 0 Å². The van der Waals surface area contributed by atoms with Gasteiger partial charge in [0, 0.05) is 16.7 Å². The molecule has 2 aromatic rings. The SMILES string of the molecule is O=C(O)COc1ccc(/C=C/C(=O)c2ccc(Cl)cc2Cl)cc1[N+](=O)[O-]. The van der Waals surface area contributed by atoms with Gasteiger partial charge in [0.2, 0.25) is 0 Å². The van der Waals surface area contributed by atoms with Crippen molar-refractivity contribution in [3.8, 4) is 5.75 Å². The van der Waals surface area contributed by atoms with Crippen molar-refractivity contribution in [2.45, 2.75) is 0 Å². The maximum Gasteiger partial charge on any atom is 0.341 e. The first kappa shape index (κ1) is 19.4. The van der Waals surface area contributed by atoms with Crippen molar-refractivity contribution in [3.63, 3.8) is 0 Å². The fourth-order valence-corrected chi connectivity index (χ4v) is 2.49. The van der Waals surface area contributed by atoms with E-state index in [2.05, 4.69) is 0 Å². The number of benzene rings is 2. The highest BCUT2D eigenvalue weighted by atomic mass is 35.5. The van der Waals surface area contributed by atoms with Gasteiger partial charge in [0.05, 0.1) is 9.95 Å². The van der Waals surface area contributed by atoms with E-state index >= 15 is 0 Å². The molecule has 2 rings (SSSR count). The summed E-state index contributed by atoms with van der Waals surface area (Å²) in [5, 5.41) is 20.3. The molecule has 0 amide bonds. The summed E-state index contributed by atoms with van der Waals surface area (Å²) in [4.78, 5) is 33.1. The lowest BCUT2D eigenvalue weighted by molar-refractivity contribution is -0.385. The van der Waals surface area contributed by atoms with Crippen LogP contribution in [0.5, 0.6) is 5.75 Å². The molecule has 134 valence electrons. The average molecular weight is 396 g/mol. The zero-order valence-electron chi connectivity index (χ0n) is 13.0. The Balaban J connectivity index is 2.24. The minimum absolute atomic E-state index is 0.179. The molecule has 0 aliphatic heterocycles. The van der Waals surface area contributed by atoms with Gasteiger partial charge in [-0.25, -0.2) is 4.79 Å². The van der Waals surface area contributed by atoms with E-state index in [1.165, 1.54) is 48.6 Å². The van der Waals surface area contributed by atoms with Gasteiger partial charge in [-0.3, -0.25) is 14.9 Å². The smallest absolute Gasteiger partial charge is 0.341 e. The molecule has 7 nitrogen and oxygen atoms in total. The fraction of sp³-hybridized carbons (Fsp3) is 0.0588. The number of carbonyl (C=O) groups excluding carboxylic acids is 1. The third-order valence-corrected chi connectivity index (χ3v) is 3.70. The first-order valence-electron chi connectivity index (χ1n) is 7.08. The van der Waals surface area contributed by atoms with E-state index in [1.54, 1.807) is 0 Å². The number of ketones is 1. The second-order valence-electron chi connectivity index (χ2n) is 4.99. The third kappa shape index (κ3) is 5.05. The Morgan fingerprint density at radius 1 is 1.19 bits per heavy atom. The van der Waals surface area contributed by atoms with E-state index in [9.17, 15) is 19.7 Å². The quantitative estimate of drug-likeness (QED) is 0.324. The minimum atomic E-state index is -1.26. The van der Waals surface area contributed by atoms with Crippen LogP contribution in [0.1, 0.15) is 15.9 Å². The molecule has 0 aliphatic carbocycles. The van der Waals surface area contributed by atoms with Gasteiger partial charge in [0.25, 0.3) is 0 Å². The van der Waals surface area contributed by atoms with Gasteiger partial charge in [0.1, 0.15) is 0 Å². The fourth-order valence-electron chi connectivity index (χ4n) is 1.99. The molecule has 0 atom stereocenters. The van der Waals surface area contributed by atoms with Gasteiger partial charge in [-0.2, -0.15) is 0 Å². The van der Waals surface area contributed by atoms with Crippen LogP contribution in [-0.2, 0) is 4.79 Å². The van der Waals surface area contributed by atoms with Crippen molar-refractivity contribution >= 4 is 46.7 Å². The molecule has 0 radical (unpaired) electrons. The largest absolute Gasteiger partial charge is 0.479 e. The highest BCUT2D eigenvalue weighted by molar-refractivity contribution is 6.37. The van der Waals surface area contributed by atoms with Crippen molar-refractivity contribution in [2.75, 3.05) is 6.61 Å². The highest BCUT2D eigenvalue weighted by Gasteiger charge is 2.16. The monoisotopic (exact) mass is 395 g/mol. The van der Waals surface area contributed by atoms with Crippen LogP contribution in [0, 0.1) is 10.1 Å². The predicted molar refractivity (Wildman–Crippen MR) is 96.1 cm³/mol. The number of carboxylic acids is 1. The summed E-state index contributed by atoms with van der Waals surface area (Å²) in [5.74, 6) is -1.84. The van der Waals surface area contributed by atoms with Gasteiger partial charge >= 0.3 is 11.7 Å². The number of hydrogen-bond acceptors (Lipinski definition) is 5. The lowest BCUT2D eigenvalue weighted by Gasteiger charge is -2.05. The number of nitro benzene ring substituents is 1. The first-order chi connectivity index (χ1) is 12.3. The molecule has 0 saturated heterocycles. The number of allylic oxidation sites excluding steroid dienone is 1. The summed E-state index contributed by atoms with van der Waals surface area (Å²) < 4.78 is 4.87. The molecular formula is C17H11Cl2NO6. The Kier molecular flexibility index (Phi) is 6.32. The Bertz CT molecular complexity index is 910. The maximum atomic E-state index is 12.2. The Labute approximate surface area is 157 Å². The lowest BCUT2D eigenvalue weighted by Crippen LogP contribution is -2.10. The molecule has 0 bridgehead atoms. The highest BCUT2D eigenvalue weighted by Crippen LogP contribution is 2.29. The molecule has 9 heteroatoms. The van der Waals surface area contributed by atoms with Crippen LogP contribution >= 0.6 is 23.2 Å². The standard InChI is InChI=1S/C17H11Cl2NO6/c18-11-3-4-12(13(19)8-11)15(21)5-1-10-2-6-16(26-9-17(22)23)14(7-10)20(24)25/h1-8H,9H2,(H,22,23)/b5-1+. The molecule has 1 N–H and O–H groups in total. The molecule has 0 heterocycles. The van der Waals surface area contributed by atoms with E-state index in [4.69, 9.17) is 33.0 Å². The summed E-state index contributed by atoms with van der Waals surface area (Å²) in [6, 6.07) is 8.32. The van der Waals surface area contributed by atoms with Gasteiger partial charge in [0.15, 0.2) is 18.1 Å². The van der Waals surface area contributed by atoms with Gasteiger partial charge in [-0.15, -0.1) is 0 Å². The van der Waals surface area contributed by atoms with Crippen molar-refractivity contribution in [1.82, 2.24) is 0 Å². The number of nitrogens with zero attached hydrogens (tertiary/aromatic N) is 1. The minimum Gasteiger partial charge on any atom is -0.479 e. The third-order valence-electron chi connectivity index (χ3n) is 3.15. The Morgan fingerprint density at radius 3 is 2.54 bits per heavy atom. The van der Waals surface area contributed by atoms with Crippen LogP contribution in [-0.4, -0.2) is 28.4 Å². The molecule has 0 aromatic heterocycles. The molecule has 0 saturated carbocycles. The second-order valence-corrected chi connectivity index (χ2v) is 5.83. The van der Waals surface area contributed by atoms with Crippen LogP contribution in [0.25, 0.3) is 6.08 Å². The number of rotatable bonds is 7. The number of aliphatic carboxylic acids is 1. The second kappa shape index (κ2) is 8.46. The Hall–Kier alpha value is -2.90. The average Bonchev–Trinajstić information content (AvgIpc) is 2.58. The predicted octanol–water partition coefficient (Wildman–Crippen LogP) is 4.26. The van der Waals surface area contributed by atoms with E-state index < -0.39 is 29.0 Å². The van der Waals surface area contributed by atoms with Crippen molar-refractivity contribution in [1.29, 1.82) is 0 Å². The van der Waals surface area contributed by atoms with Crippen LogP contribution in [0.3, 0.4) is 0 Å². The number of nitro groups is 1. The molecule has 0 aliphatic rings. The molecule has 0 spiro atoms. The van der Waals surface area contributed by atoms with Gasteiger partial charge in [-0.05, 0) is 35.9 Å². The maximum absolute atomic E-state index is 12.2. The molecule has 2 aromatic carbocycles. The molecule has 0 unspecified atom stereocenters. The number of carboxylic acid groups (broad SMARTS) is 1. The van der Waals surface area contributed by atoms with Gasteiger partial charge in [-0.1, -0.05) is 35.3 Å². The number of carbonyl (C=O) groups is 2. The van der Waals surface area contributed by atoms with Crippen molar-refractivity contribution < 1.29 is 24.4 Å². The van der Waals surface area contributed by atoms with Crippen LogP contribution in [0.4, 0.5) is 5.69 Å². The summed E-state index contributed by atoms with van der Waals surface area (Å²) >= 11 is 11.7. The van der Waals surface area contributed by atoms with E-state index in [-0.39, 0.29) is 16.3 Å².